The number of hydrogen-bond acceptors (Lipinski definition) is 6. The summed E-state index contributed by atoms with van der Waals surface area (Å²) < 4.78 is 28.9. The van der Waals surface area contributed by atoms with E-state index in [4.69, 9.17) is 18.1 Å². The third-order valence-electron chi connectivity index (χ3n) is 22.6. The normalized spacial score (nSPS) is 13.2. The van der Waals surface area contributed by atoms with E-state index in [-0.39, 0.29) is 0 Å². The lowest BCUT2D eigenvalue weighted by Gasteiger charge is -2.32. The fourth-order valence-electron chi connectivity index (χ4n) is 16.2. The number of anilines is 6. The zero-order valence-corrected chi connectivity index (χ0v) is 67.8. The molecule has 4 heterocycles. The van der Waals surface area contributed by atoms with Crippen molar-refractivity contribution in [3.8, 4) is 66.8 Å². The lowest BCUT2D eigenvalue weighted by molar-refractivity contribution is 0.00578. The van der Waals surface area contributed by atoms with Crippen molar-refractivity contribution in [2.24, 2.45) is 0 Å². The van der Waals surface area contributed by atoms with Gasteiger partial charge in [0.1, 0.15) is 22.3 Å². The summed E-state index contributed by atoms with van der Waals surface area (Å²) in [5, 5.41) is 6.99. The summed E-state index contributed by atoms with van der Waals surface area (Å²) in [7, 11) is -0.417. The van der Waals surface area contributed by atoms with E-state index in [1.54, 1.807) is 0 Å². The van der Waals surface area contributed by atoms with Crippen LogP contribution in [0.4, 0.5) is 34.1 Å². The van der Waals surface area contributed by atoms with Crippen LogP contribution >= 0.6 is 47.8 Å². The predicted molar refractivity (Wildman–Crippen MR) is 487 cm³/mol. The van der Waals surface area contributed by atoms with E-state index in [0.29, 0.717) is 0 Å². The molecule has 0 unspecified atom stereocenters. The summed E-state index contributed by atoms with van der Waals surface area (Å²) in [6.45, 7) is 8.34. The van der Waals surface area contributed by atoms with Gasteiger partial charge in [-0.05, 0) is 210 Å². The Hall–Kier alpha value is -12.1. The zero-order chi connectivity index (χ0) is 77.2. The Morgan fingerprint density at radius 3 is 1.13 bits per heavy atom. The quantitative estimate of drug-likeness (QED) is 0.123. The van der Waals surface area contributed by atoms with Crippen molar-refractivity contribution in [3.05, 3.63) is 389 Å². The van der Waals surface area contributed by atoms with Gasteiger partial charge in [0.05, 0.1) is 22.6 Å². The van der Waals surface area contributed by atoms with E-state index in [1.807, 2.05) is 24.3 Å². The van der Waals surface area contributed by atoms with Gasteiger partial charge in [-0.15, -0.1) is 0 Å². The topological polar surface area (TPSA) is 67.0 Å². The van der Waals surface area contributed by atoms with Crippen LogP contribution in [0.5, 0.6) is 0 Å². The molecule has 1 aliphatic heterocycles. The maximum absolute atomic E-state index is 6.40. The smallest absolute Gasteiger partial charge is 0.455 e. The van der Waals surface area contributed by atoms with E-state index in [9.17, 15) is 0 Å². The third kappa shape index (κ3) is 13.7. The number of H-pyrrole nitrogens is 1. The lowest BCUT2D eigenvalue weighted by Crippen LogP contribution is -2.41. The molecule has 3 aromatic heterocycles. The minimum Gasteiger partial charge on any atom is -0.455 e. The number of halogens is 3. The van der Waals surface area contributed by atoms with Crippen LogP contribution in [0, 0.1) is 0 Å². The van der Waals surface area contributed by atoms with Crippen molar-refractivity contribution in [3.63, 3.8) is 0 Å². The van der Waals surface area contributed by atoms with Crippen molar-refractivity contribution in [2.75, 3.05) is 9.80 Å². The van der Waals surface area contributed by atoms with Crippen molar-refractivity contribution in [1.29, 1.82) is 0 Å². The molecule has 0 bridgehead atoms. The second-order valence-corrected chi connectivity index (χ2v) is 32.9. The van der Waals surface area contributed by atoms with Crippen molar-refractivity contribution < 1.29 is 18.1 Å². The number of nitrogens with one attached hydrogen (secondary N) is 1. The van der Waals surface area contributed by atoms with Gasteiger partial charge in [-0.25, -0.2) is 0 Å². The molecule has 2 aliphatic rings. The van der Waals surface area contributed by atoms with Crippen LogP contribution < -0.4 is 15.3 Å². The monoisotopic (exact) mass is 1670 g/mol. The maximum Gasteiger partial charge on any atom is 0.494 e. The first-order valence-electron chi connectivity index (χ1n) is 38.5. The zero-order valence-electron chi connectivity index (χ0n) is 63.1. The summed E-state index contributed by atoms with van der Waals surface area (Å²) in [6.07, 6.45) is 1.05. The molecule has 0 spiro atoms. The van der Waals surface area contributed by atoms with Gasteiger partial charge in [-0.3, -0.25) is 0 Å². The van der Waals surface area contributed by atoms with Crippen LogP contribution in [-0.2, 0) is 15.7 Å². The molecule has 0 radical (unpaired) electrons. The number of para-hydroxylation sites is 6. The molecule has 0 saturated carbocycles. The first-order chi connectivity index (χ1) is 55.7. The number of benzene rings is 16. The minimum atomic E-state index is -0.417. The number of hydrogen-bond donors (Lipinski definition) is 1. The minimum absolute atomic E-state index is 0.397. The second kappa shape index (κ2) is 30.1. The number of furan rings is 2. The summed E-state index contributed by atoms with van der Waals surface area (Å²) in [5.74, 6) is 0. The molecule has 1 aliphatic carbocycles. The standard InChI is InChI=1S/C48H31BrN2O.C42H36BNO3.C13H8Br2/c49-35-22-28-41-40-27-21-34(29-44(40)50-45(41)30-35)31-17-23-36(24-18-31)51(46-15-6-4-11-38(46)32-9-2-1-3-10-32)37-25-19-33(20-26-37)39-13-8-14-43-42-12-5-7-16-47(42)52-48(39)43;1-41(2)42(3,4)47-43(46-41)31-23-27-33(28-24-31)44(38-19-10-8-15-34(38)29-13-6-5-7-14-29)32-25-21-30(22-26-32)35-17-12-18-37-36-16-9-11-20-39(36)45-40(35)37;14-10-1-3-12-8(6-10)5-9-7-11(15)2-4-13(9)12/h1-30,50H;5-28H,1-4H3;1-4,6-7H,5H2. The molecule has 0 atom stereocenters. The molecular formula is C103H75BBr3N3O4. The second-order valence-electron chi connectivity index (χ2n) is 30.2. The Morgan fingerprint density at radius 1 is 0.289 bits per heavy atom. The molecule has 1 fully saturated rings. The van der Waals surface area contributed by atoms with Gasteiger partial charge in [-0.1, -0.05) is 297 Å². The highest BCUT2D eigenvalue weighted by molar-refractivity contribution is 9.11. The van der Waals surface area contributed by atoms with E-state index in [1.165, 1.54) is 49.7 Å². The lowest BCUT2D eigenvalue weighted by atomic mass is 9.79. The SMILES string of the molecule is Brc1ccc2c(c1)Cc1cc(Br)ccc1-2.Brc1ccc2c(c1)[nH]c1cc(-c3ccc(N(c4ccc(-c5cccc6c5oc5ccccc56)cc4)c4ccccc4-c4ccccc4)cc3)ccc12.CC1(C)OB(c2ccc(N(c3ccc(-c4cccc5c4oc4ccccc45)cc3)c3ccccc3-c3ccccc3)cc2)OC1(C)C. The number of fused-ring (bicyclic) bond motifs is 12. The van der Waals surface area contributed by atoms with Crippen molar-refractivity contribution in [1.82, 2.24) is 4.98 Å². The Kier molecular flexibility index (Phi) is 19.1. The fourth-order valence-corrected chi connectivity index (χ4v) is 17.4. The van der Waals surface area contributed by atoms with Gasteiger partial charge in [0.25, 0.3) is 0 Å². The first kappa shape index (κ1) is 72.2. The Morgan fingerprint density at radius 2 is 0.649 bits per heavy atom. The van der Waals surface area contributed by atoms with Crippen LogP contribution in [0.3, 0.4) is 0 Å². The molecule has 550 valence electrons. The molecule has 0 amide bonds. The Labute approximate surface area is 688 Å². The van der Waals surface area contributed by atoms with Crippen LogP contribution in [-0.4, -0.2) is 23.3 Å². The van der Waals surface area contributed by atoms with Gasteiger partial charge in [0.15, 0.2) is 0 Å². The van der Waals surface area contributed by atoms with Gasteiger partial charge in [0, 0.05) is 102 Å². The molecule has 16 aromatic carbocycles. The highest BCUT2D eigenvalue weighted by Gasteiger charge is 2.51. The average Bonchev–Trinajstić information content (AvgIpc) is 1.08. The van der Waals surface area contributed by atoms with E-state index >= 15 is 0 Å². The van der Waals surface area contributed by atoms with Crippen LogP contribution in [0.15, 0.2) is 386 Å². The summed E-state index contributed by atoms with van der Waals surface area (Å²) in [6, 6.07) is 129. The number of aromatic nitrogens is 1. The molecule has 21 rings (SSSR count). The largest absolute Gasteiger partial charge is 0.494 e. The number of aromatic amines is 1. The molecule has 7 nitrogen and oxygen atoms in total. The van der Waals surface area contributed by atoms with Crippen LogP contribution in [0.1, 0.15) is 38.8 Å². The van der Waals surface area contributed by atoms with Gasteiger partial charge in [0.2, 0.25) is 0 Å². The van der Waals surface area contributed by atoms with E-state index in [0.717, 1.165) is 153 Å². The van der Waals surface area contributed by atoms with Crippen molar-refractivity contribution >= 4 is 160 Å². The van der Waals surface area contributed by atoms with Gasteiger partial charge in [-0.2, -0.15) is 0 Å². The summed E-state index contributed by atoms with van der Waals surface area (Å²) in [4.78, 5) is 8.29. The molecule has 19 aromatic rings. The predicted octanol–water partition coefficient (Wildman–Crippen LogP) is 29.9. The van der Waals surface area contributed by atoms with Gasteiger partial charge >= 0.3 is 7.12 Å². The molecular weight excluding hydrogens is 1590 g/mol. The molecule has 114 heavy (non-hydrogen) atoms. The number of nitrogens with zero attached hydrogens (tertiary/aromatic N) is 2. The van der Waals surface area contributed by atoms with Crippen LogP contribution in [0.25, 0.3) is 132 Å². The first-order valence-corrected chi connectivity index (χ1v) is 40.8. The average molecular weight is 1670 g/mol. The highest BCUT2D eigenvalue weighted by Crippen LogP contribution is 2.47. The van der Waals surface area contributed by atoms with E-state index in [2.05, 4.69) is 430 Å². The van der Waals surface area contributed by atoms with Crippen molar-refractivity contribution in [2.45, 2.75) is 45.3 Å². The fraction of sp³-hybridized carbons (Fsp3) is 0.0680. The Balaban J connectivity index is 0.000000129. The molecule has 1 N–H and O–H groups in total. The third-order valence-corrected chi connectivity index (χ3v) is 24.1. The molecule has 11 heteroatoms. The molecule has 1 saturated heterocycles. The van der Waals surface area contributed by atoms with E-state index < -0.39 is 18.3 Å². The van der Waals surface area contributed by atoms with Crippen LogP contribution in [0.2, 0.25) is 0 Å². The summed E-state index contributed by atoms with van der Waals surface area (Å²) in [5.41, 5.74) is 29.5. The Bertz CT molecular complexity index is 6750. The number of rotatable bonds is 12. The summed E-state index contributed by atoms with van der Waals surface area (Å²) >= 11 is 10.6. The van der Waals surface area contributed by atoms with Gasteiger partial charge < -0.3 is 32.9 Å². The maximum atomic E-state index is 6.40. The highest BCUT2D eigenvalue weighted by atomic mass is 79.9.